The highest BCUT2D eigenvalue weighted by Gasteiger charge is 2.34. The van der Waals surface area contributed by atoms with Gasteiger partial charge in [-0.3, -0.25) is 4.79 Å². The van der Waals surface area contributed by atoms with Crippen LogP contribution in [-0.2, 0) is 12.1 Å². The van der Waals surface area contributed by atoms with E-state index in [1.165, 1.54) is 0 Å². The van der Waals surface area contributed by atoms with Crippen molar-refractivity contribution in [2.75, 3.05) is 5.73 Å². The Bertz CT molecular complexity index is 1050. The third kappa shape index (κ3) is 2.13. The molecule has 1 aliphatic heterocycles. The molecule has 5 rings (SSSR count). The molecule has 1 saturated carbocycles. The number of aromatic nitrogens is 3. The molecule has 3 aromatic rings. The van der Waals surface area contributed by atoms with Gasteiger partial charge in [0.1, 0.15) is 5.69 Å². The fourth-order valence-corrected chi connectivity index (χ4v) is 4.18. The molecule has 0 radical (unpaired) electrons. The lowest BCUT2D eigenvalue weighted by Gasteiger charge is -2.22. The number of fused-ring (bicyclic) bond motifs is 5. The minimum atomic E-state index is -0.793. The first-order chi connectivity index (χ1) is 12.5. The van der Waals surface area contributed by atoms with Crippen LogP contribution in [0.25, 0.3) is 22.2 Å². The fraction of sp³-hybridized carbons (Fsp3) is 0.316. The molecule has 2 aliphatic rings. The summed E-state index contributed by atoms with van der Waals surface area (Å²) in [6.07, 6.45) is 5.22. The Balaban J connectivity index is 1.80. The maximum absolute atomic E-state index is 12.6. The highest BCUT2D eigenvalue weighted by Crippen LogP contribution is 2.42. The number of aromatic amines is 1. The highest BCUT2D eigenvalue weighted by molar-refractivity contribution is 6.10. The molecule has 7 nitrogen and oxygen atoms in total. The van der Waals surface area contributed by atoms with Crippen LogP contribution in [0.1, 0.15) is 47.3 Å². The third-order valence-corrected chi connectivity index (χ3v) is 5.55. The summed E-state index contributed by atoms with van der Waals surface area (Å²) in [6, 6.07) is 5.85. The van der Waals surface area contributed by atoms with Gasteiger partial charge in [-0.1, -0.05) is 18.9 Å². The first-order valence-electron chi connectivity index (χ1n) is 8.84. The summed E-state index contributed by atoms with van der Waals surface area (Å²) in [5, 5.41) is 14.7. The number of aliphatic hydroxyl groups is 1. The van der Waals surface area contributed by atoms with Crippen molar-refractivity contribution in [3.8, 4) is 11.3 Å². The van der Waals surface area contributed by atoms with Crippen molar-refractivity contribution in [1.82, 2.24) is 20.3 Å². The van der Waals surface area contributed by atoms with Gasteiger partial charge in [0.15, 0.2) is 0 Å². The maximum Gasteiger partial charge on any atom is 0.268 e. The molecule has 7 heteroatoms. The summed E-state index contributed by atoms with van der Waals surface area (Å²) in [6.45, 7) is 0.349. The number of carbonyl (C=O) groups excluding carboxylic acids is 1. The zero-order valence-electron chi connectivity index (χ0n) is 14.2. The second-order valence-electron chi connectivity index (χ2n) is 7.16. The van der Waals surface area contributed by atoms with E-state index in [2.05, 4.69) is 20.3 Å². The lowest BCUT2D eigenvalue weighted by Crippen LogP contribution is -2.21. The second-order valence-corrected chi connectivity index (χ2v) is 7.16. The summed E-state index contributed by atoms with van der Waals surface area (Å²) in [5.74, 6) is -0.0159. The molecule has 132 valence electrons. The van der Waals surface area contributed by atoms with E-state index in [1.54, 1.807) is 6.20 Å². The number of rotatable bonds is 1. The second kappa shape index (κ2) is 5.28. The van der Waals surface area contributed by atoms with Gasteiger partial charge in [-0.05, 0) is 30.5 Å². The standard InChI is InChI=1S/C19H19N5O2/c20-18-22-9-10-8-21-17(25)16-14(15(10)24-18)12-7-11(3-4-13(12)23-16)19(26)5-1-2-6-19/h3-4,7,9,23,26H,1-2,5-6,8H2,(H,21,25)(H2,20,22,24). The number of benzene rings is 1. The Morgan fingerprint density at radius 2 is 2.04 bits per heavy atom. The van der Waals surface area contributed by atoms with Crippen molar-refractivity contribution in [2.45, 2.75) is 37.8 Å². The average molecular weight is 349 g/mol. The highest BCUT2D eigenvalue weighted by atomic mass is 16.3. The Hall–Kier alpha value is -2.93. The van der Waals surface area contributed by atoms with Crippen LogP contribution in [0, 0.1) is 0 Å². The number of amides is 1. The lowest BCUT2D eigenvalue weighted by atomic mass is 9.90. The Morgan fingerprint density at radius 3 is 2.85 bits per heavy atom. The number of hydrogen-bond donors (Lipinski definition) is 4. The number of nitrogen functional groups attached to an aromatic ring is 1. The summed E-state index contributed by atoms with van der Waals surface area (Å²) >= 11 is 0. The number of H-pyrrole nitrogens is 1. The van der Waals surface area contributed by atoms with Gasteiger partial charge >= 0.3 is 0 Å². The largest absolute Gasteiger partial charge is 0.385 e. The predicted octanol–water partition coefficient (Wildman–Crippen LogP) is 2.21. The average Bonchev–Trinajstić information content (AvgIpc) is 3.21. The molecule has 1 aromatic carbocycles. The minimum Gasteiger partial charge on any atom is -0.385 e. The summed E-state index contributed by atoms with van der Waals surface area (Å²) in [7, 11) is 0. The predicted molar refractivity (Wildman–Crippen MR) is 97.3 cm³/mol. The number of hydrogen-bond acceptors (Lipinski definition) is 5. The van der Waals surface area contributed by atoms with E-state index >= 15 is 0 Å². The molecule has 2 aromatic heterocycles. The van der Waals surface area contributed by atoms with Gasteiger partial charge in [0, 0.05) is 34.8 Å². The Morgan fingerprint density at radius 1 is 1.23 bits per heavy atom. The minimum absolute atomic E-state index is 0.170. The van der Waals surface area contributed by atoms with Gasteiger partial charge in [0.2, 0.25) is 5.95 Å². The lowest BCUT2D eigenvalue weighted by molar-refractivity contribution is 0.0446. The smallest absolute Gasteiger partial charge is 0.268 e. The van der Waals surface area contributed by atoms with Crippen LogP contribution in [-0.4, -0.2) is 26.0 Å². The molecule has 5 N–H and O–H groups in total. The van der Waals surface area contributed by atoms with Gasteiger partial charge < -0.3 is 21.1 Å². The van der Waals surface area contributed by atoms with Crippen molar-refractivity contribution in [1.29, 1.82) is 0 Å². The van der Waals surface area contributed by atoms with Gasteiger partial charge in [-0.15, -0.1) is 0 Å². The van der Waals surface area contributed by atoms with Crippen LogP contribution in [0.3, 0.4) is 0 Å². The normalized spacial score (nSPS) is 18.3. The Kier molecular flexibility index (Phi) is 3.12. The molecule has 1 aliphatic carbocycles. The monoisotopic (exact) mass is 349 g/mol. The van der Waals surface area contributed by atoms with Gasteiger partial charge in [-0.2, -0.15) is 0 Å². The van der Waals surface area contributed by atoms with E-state index in [1.807, 2.05) is 18.2 Å². The number of nitrogens with zero attached hydrogens (tertiary/aromatic N) is 2. The topological polar surface area (TPSA) is 117 Å². The quantitative estimate of drug-likeness (QED) is 0.537. The first kappa shape index (κ1) is 15.3. The van der Waals surface area contributed by atoms with Crippen molar-refractivity contribution >= 4 is 22.8 Å². The van der Waals surface area contributed by atoms with Gasteiger partial charge in [-0.25, -0.2) is 9.97 Å². The van der Waals surface area contributed by atoms with E-state index in [4.69, 9.17) is 5.73 Å². The SMILES string of the molecule is Nc1ncc2c(n1)-c1c([nH]c3ccc(C4(O)CCCC4)cc13)C(=O)NC2. The van der Waals surface area contributed by atoms with Crippen molar-refractivity contribution < 1.29 is 9.90 Å². The van der Waals surface area contributed by atoms with Gasteiger partial charge in [0.05, 0.1) is 11.3 Å². The van der Waals surface area contributed by atoms with Crippen LogP contribution in [0.15, 0.2) is 24.4 Å². The van der Waals surface area contributed by atoms with Crippen LogP contribution >= 0.6 is 0 Å². The molecular weight excluding hydrogens is 330 g/mol. The molecular formula is C19H19N5O2. The number of anilines is 1. The maximum atomic E-state index is 12.6. The first-order valence-corrected chi connectivity index (χ1v) is 8.84. The molecule has 0 saturated heterocycles. The van der Waals surface area contributed by atoms with Crippen LogP contribution in [0.4, 0.5) is 5.95 Å². The van der Waals surface area contributed by atoms with Crippen LogP contribution < -0.4 is 11.1 Å². The molecule has 1 amide bonds. The molecule has 26 heavy (non-hydrogen) atoms. The zero-order valence-corrected chi connectivity index (χ0v) is 14.2. The van der Waals surface area contributed by atoms with Crippen molar-refractivity contribution in [3.05, 3.63) is 41.2 Å². The van der Waals surface area contributed by atoms with Crippen molar-refractivity contribution in [2.24, 2.45) is 0 Å². The number of nitrogens with one attached hydrogen (secondary N) is 2. The van der Waals surface area contributed by atoms with E-state index in [0.29, 0.717) is 17.9 Å². The van der Waals surface area contributed by atoms with Crippen LogP contribution in [0.2, 0.25) is 0 Å². The molecule has 0 spiro atoms. The molecule has 1 fully saturated rings. The summed E-state index contributed by atoms with van der Waals surface area (Å²) in [5.41, 5.74) is 9.40. The van der Waals surface area contributed by atoms with E-state index < -0.39 is 5.60 Å². The molecule has 0 atom stereocenters. The molecule has 0 unspecified atom stereocenters. The summed E-state index contributed by atoms with van der Waals surface area (Å²) in [4.78, 5) is 24.2. The van der Waals surface area contributed by atoms with E-state index in [0.717, 1.165) is 53.3 Å². The zero-order chi connectivity index (χ0) is 17.9. The van der Waals surface area contributed by atoms with Crippen molar-refractivity contribution in [3.63, 3.8) is 0 Å². The molecule has 0 bridgehead atoms. The van der Waals surface area contributed by atoms with Gasteiger partial charge in [0.25, 0.3) is 5.91 Å². The third-order valence-electron chi connectivity index (χ3n) is 5.55. The number of carbonyl (C=O) groups is 1. The Labute approximate surface area is 149 Å². The fourth-order valence-electron chi connectivity index (χ4n) is 4.18. The summed E-state index contributed by atoms with van der Waals surface area (Å²) < 4.78 is 0. The number of nitrogens with two attached hydrogens (primary N) is 1. The van der Waals surface area contributed by atoms with E-state index in [9.17, 15) is 9.90 Å². The molecule has 3 heterocycles. The van der Waals surface area contributed by atoms with E-state index in [-0.39, 0.29) is 11.9 Å². The van der Waals surface area contributed by atoms with Crippen LogP contribution in [0.5, 0.6) is 0 Å².